The lowest BCUT2D eigenvalue weighted by atomic mass is 10.2. The van der Waals surface area contributed by atoms with Gasteiger partial charge in [0.25, 0.3) is 0 Å². The summed E-state index contributed by atoms with van der Waals surface area (Å²) >= 11 is 0. The van der Waals surface area contributed by atoms with E-state index in [2.05, 4.69) is 10.4 Å². The molecule has 0 amide bonds. The number of methoxy groups -OCH3 is 1. The van der Waals surface area contributed by atoms with Gasteiger partial charge >= 0.3 is 0 Å². The van der Waals surface area contributed by atoms with E-state index in [1.165, 1.54) is 0 Å². The second kappa shape index (κ2) is 6.31. The SMILES string of the molecule is COCCNCC(=O)Cc1cnn(C)c1. The van der Waals surface area contributed by atoms with Crippen molar-refractivity contribution in [2.75, 3.05) is 26.8 Å². The molecule has 0 saturated carbocycles. The number of carbonyl (C=O) groups is 1. The number of ketones is 1. The van der Waals surface area contributed by atoms with Crippen LogP contribution < -0.4 is 5.32 Å². The molecule has 0 unspecified atom stereocenters. The average Bonchev–Trinajstić information content (AvgIpc) is 2.59. The van der Waals surface area contributed by atoms with Gasteiger partial charge in [0.15, 0.2) is 5.78 Å². The summed E-state index contributed by atoms with van der Waals surface area (Å²) in [5, 5.41) is 7.01. The lowest BCUT2D eigenvalue weighted by Gasteiger charge is -2.01. The second-order valence-corrected chi connectivity index (χ2v) is 3.41. The fraction of sp³-hybridized carbons (Fsp3) is 0.600. The van der Waals surface area contributed by atoms with Crippen LogP contribution in [-0.2, 0) is 23.0 Å². The third kappa shape index (κ3) is 4.71. The highest BCUT2D eigenvalue weighted by atomic mass is 16.5. The molecule has 0 fully saturated rings. The molecule has 5 heteroatoms. The molecule has 0 atom stereocenters. The van der Waals surface area contributed by atoms with Crippen LogP contribution in [0.25, 0.3) is 0 Å². The molecule has 1 N–H and O–H groups in total. The van der Waals surface area contributed by atoms with E-state index in [0.717, 1.165) is 5.56 Å². The zero-order valence-corrected chi connectivity index (χ0v) is 9.19. The minimum Gasteiger partial charge on any atom is -0.383 e. The van der Waals surface area contributed by atoms with Crippen molar-refractivity contribution < 1.29 is 9.53 Å². The van der Waals surface area contributed by atoms with Crippen LogP contribution in [0, 0.1) is 0 Å². The van der Waals surface area contributed by atoms with Crippen LogP contribution in [0.5, 0.6) is 0 Å². The molecule has 0 aromatic carbocycles. The van der Waals surface area contributed by atoms with Crippen LogP contribution in [-0.4, -0.2) is 42.4 Å². The Bertz CT molecular complexity index is 309. The van der Waals surface area contributed by atoms with E-state index in [1.54, 1.807) is 18.0 Å². The number of aromatic nitrogens is 2. The molecule has 0 aliphatic heterocycles. The van der Waals surface area contributed by atoms with Crippen LogP contribution in [0.3, 0.4) is 0 Å². The Kier molecular flexibility index (Phi) is 5.00. The highest BCUT2D eigenvalue weighted by Gasteiger charge is 2.04. The quantitative estimate of drug-likeness (QED) is 0.633. The minimum atomic E-state index is 0.166. The van der Waals surface area contributed by atoms with Gasteiger partial charge in [-0.1, -0.05) is 0 Å². The number of carbonyl (C=O) groups excluding carboxylic acids is 1. The van der Waals surface area contributed by atoms with Crippen LogP contribution in [0.2, 0.25) is 0 Å². The van der Waals surface area contributed by atoms with Gasteiger partial charge in [-0.3, -0.25) is 9.48 Å². The van der Waals surface area contributed by atoms with Gasteiger partial charge < -0.3 is 10.1 Å². The van der Waals surface area contributed by atoms with Crippen LogP contribution in [0.1, 0.15) is 5.56 Å². The molecule has 0 saturated heterocycles. The van der Waals surface area contributed by atoms with E-state index in [-0.39, 0.29) is 5.78 Å². The van der Waals surface area contributed by atoms with E-state index in [0.29, 0.717) is 26.1 Å². The number of aryl methyl sites for hydroxylation is 1. The van der Waals surface area contributed by atoms with Crippen molar-refractivity contribution in [3.63, 3.8) is 0 Å². The number of nitrogens with zero attached hydrogens (tertiary/aromatic N) is 2. The first-order valence-electron chi connectivity index (χ1n) is 4.91. The highest BCUT2D eigenvalue weighted by Crippen LogP contribution is 1.97. The maximum atomic E-state index is 11.4. The van der Waals surface area contributed by atoms with Gasteiger partial charge in [-0.2, -0.15) is 5.10 Å². The Balaban J connectivity index is 2.18. The molecule has 1 aromatic rings. The Hall–Kier alpha value is -1.20. The molecule has 0 aliphatic rings. The zero-order chi connectivity index (χ0) is 11.1. The number of rotatable bonds is 7. The monoisotopic (exact) mass is 211 g/mol. The van der Waals surface area contributed by atoms with Gasteiger partial charge in [-0.15, -0.1) is 0 Å². The Morgan fingerprint density at radius 1 is 1.67 bits per heavy atom. The Morgan fingerprint density at radius 3 is 3.07 bits per heavy atom. The first-order chi connectivity index (χ1) is 7.22. The maximum Gasteiger partial charge on any atom is 0.151 e. The molecule has 15 heavy (non-hydrogen) atoms. The van der Waals surface area contributed by atoms with Gasteiger partial charge in [-0.25, -0.2) is 0 Å². The van der Waals surface area contributed by atoms with Gasteiger partial charge in [0.05, 0.1) is 19.3 Å². The number of ether oxygens (including phenoxy) is 1. The minimum absolute atomic E-state index is 0.166. The predicted molar refractivity (Wildman–Crippen MR) is 56.7 cm³/mol. The van der Waals surface area contributed by atoms with Crippen molar-refractivity contribution in [2.24, 2.45) is 7.05 Å². The summed E-state index contributed by atoms with van der Waals surface area (Å²) in [5.41, 5.74) is 0.955. The van der Waals surface area contributed by atoms with E-state index in [4.69, 9.17) is 4.74 Å². The molecule has 0 radical (unpaired) electrons. The third-order valence-corrected chi connectivity index (χ3v) is 1.96. The summed E-state index contributed by atoms with van der Waals surface area (Å²) in [6.07, 6.45) is 4.01. The van der Waals surface area contributed by atoms with Gasteiger partial charge in [0.2, 0.25) is 0 Å². The number of nitrogens with one attached hydrogen (secondary N) is 1. The summed E-state index contributed by atoms with van der Waals surface area (Å²) < 4.78 is 6.55. The molecular formula is C10H17N3O2. The van der Waals surface area contributed by atoms with E-state index in [1.807, 2.05) is 13.2 Å². The van der Waals surface area contributed by atoms with Crippen LogP contribution in [0.15, 0.2) is 12.4 Å². The van der Waals surface area contributed by atoms with Crippen LogP contribution in [0.4, 0.5) is 0 Å². The van der Waals surface area contributed by atoms with Crippen molar-refractivity contribution in [1.82, 2.24) is 15.1 Å². The molecular weight excluding hydrogens is 194 g/mol. The molecule has 1 heterocycles. The number of hydrogen-bond donors (Lipinski definition) is 1. The fourth-order valence-corrected chi connectivity index (χ4v) is 1.26. The summed E-state index contributed by atoms with van der Waals surface area (Å²) in [6, 6.07) is 0. The largest absolute Gasteiger partial charge is 0.383 e. The smallest absolute Gasteiger partial charge is 0.151 e. The number of Topliss-reactive ketones (excluding diaryl/α,β-unsaturated/α-hetero) is 1. The molecule has 5 nitrogen and oxygen atoms in total. The average molecular weight is 211 g/mol. The van der Waals surface area contributed by atoms with Crippen molar-refractivity contribution in [2.45, 2.75) is 6.42 Å². The van der Waals surface area contributed by atoms with E-state index >= 15 is 0 Å². The Labute approximate surface area is 89.4 Å². The van der Waals surface area contributed by atoms with E-state index in [9.17, 15) is 4.79 Å². The van der Waals surface area contributed by atoms with Crippen molar-refractivity contribution >= 4 is 5.78 Å². The van der Waals surface area contributed by atoms with Gasteiger partial charge in [0.1, 0.15) is 0 Å². The fourth-order valence-electron chi connectivity index (χ4n) is 1.26. The summed E-state index contributed by atoms with van der Waals surface area (Å²) in [5.74, 6) is 0.166. The van der Waals surface area contributed by atoms with Crippen LogP contribution >= 0.6 is 0 Å². The summed E-state index contributed by atoms with van der Waals surface area (Å²) in [6.45, 7) is 1.72. The molecule has 84 valence electrons. The summed E-state index contributed by atoms with van der Waals surface area (Å²) in [7, 11) is 3.48. The van der Waals surface area contributed by atoms with Crippen molar-refractivity contribution in [1.29, 1.82) is 0 Å². The van der Waals surface area contributed by atoms with Crippen molar-refractivity contribution in [3.8, 4) is 0 Å². The second-order valence-electron chi connectivity index (χ2n) is 3.41. The number of hydrogen-bond acceptors (Lipinski definition) is 4. The standard InChI is InChI=1S/C10H17N3O2/c1-13-8-9(6-12-13)5-10(14)7-11-3-4-15-2/h6,8,11H,3-5,7H2,1-2H3. The Morgan fingerprint density at radius 2 is 2.47 bits per heavy atom. The van der Waals surface area contributed by atoms with Gasteiger partial charge in [-0.05, 0) is 5.56 Å². The lowest BCUT2D eigenvalue weighted by Crippen LogP contribution is -2.27. The normalized spacial score (nSPS) is 10.5. The van der Waals surface area contributed by atoms with Gasteiger partial charge in [0, 0.05) is 33.3 Å². The zero-order valence-electron chi connectivity index (χ0n) is 9.19. The molecule has 1 aromatic heterocycles. The molecule has 0 spiro atoms. The first-order valence-corrected chi connectivity index (χ1v) is 4.91. The highest BCUT2D eigenvalue weighted by molar-refractivity contribution is 5.82. The molecule has 0 aliphatic carbocycles. The van der Waals surface area contributed by atoms with E-state index < -0.39 is 0 Å². The predicted octanol–water partition coefficient (Wildman–Crippen LogP) is -0.232. The lowest BCUT2D eigenvalue weighted by molar-refractivity contribution is -0.117. The van der Waals surface area contributed by atoms with Crippen molar-refractivity contribution in [3.05, 3.63) is 18.0 Å². The molecule has 0 bridgehead atoms. The first kappa shape index (κ1) is 11.9. The summed E-state index contributed by atoms with van der Waals surface area (Å²) in [4.78, 5) is 11.4. The topological polar surface area (TPSA) is 56.1 Å². The maximum absolute atomic E-state index is 11.4. The molecule has 1 rings (SSSR count). The third-order valence-electron chi connectivity index (χ3n) is 1.96.